The summed E-state index contributed by atoms with van der Waals surface area (Å²) in [7, 11) is 0. The lowest BCUT2D eigenvalue weighted by Crippen LogP contribution is -2.15. The number of nitrogens with one attached hydrogen (secondary N) is 1. The van der Waals surface area contributed by atoms with Crippen LogP contribution < -0.4 is 5.32 Å². The molecule has 2 aromatic carbocycles. The van der Waals surface area contributed by atoms with Gasteiger partial charge in [-0.1, -0.05) is 37.6 Å². The molecular weight excluding hydrogens is 317 g/mol. The molecule has 0 aliphatic carbocycles. The number of hydrogen-bond acceptors (Lipinski definition) is 2. The predicted octanol–water partition coefficient (Wildman–Crippen LogP) is 4.52. The lowest BCUT2D eigenvalue weighted by molar-refractivity contribution is 0.102. The molecule has 0 bridgehead atoms. The van der Waals surface area contributed by atoms with Crippen molar-refractivity contribution in [2.75, 3.05) is 5.32 Å². The zero-order valence-corrected chi connectivity index (χ0v) is 14.3. The molecule has 3 rings (SSSR count). The second-order valence-electron chi connectivity index (χ2n) is 5.92. The first-order chi connectivity index (χ1) is 12.1. The molecule has 0 unspecified atom stereocenters. The molecule has 0 radical (unpaired) electrons. The molecule has 0 fully saturated rings. The van der Waals surface area contributed by atoms with Gasteiger partial charge in [-0.3, -0.25) is 4.79 Å². The fourth-order valence-electron chi connectivity index (χ4n) is 2.75. The Morgan fingerprint density at radius 2 is 1.96 bits per heavy atom. The quantitative estimate of drug-likeness (QED) is 0.744. The Morgan fingerprint density at radius 3 is 2.68 bits per heavy atom. The number of amides is 1. The summed E-state index contributed by atoms with van der Waals surface area (Å²) in [6, 6.07) is 14.0. The van der Waals surface area contributed by atoms with Crippen molar-refractivity contribution in [1.82, 2.24) is 9.78 Å². The summed E-state index contributed by atoms with van der Waals surface area (Å²) in [5, 5.41) is 7.19. The zero-order valence-electron chi connectivity index (χ0n) is 14.3. The highest BCUT2D eigenvalue weighted by Gasteiger charge is 2.18. The third kappa shape index (κ3) is 3.60. The van der Waals surface area contributed by atoms with Crippen LogP contribution in [0.15, 0.2) is 54.7 Å². The summed E-state index contributed by atoms with van der Waals surface area (Å²) in [5.41, 5.74) is 3.55. The van der Waals surface area contributed by atoms with Crippen LogP contribution in [0.25, 0.3) is 5.69 Å². The van der Waals surface area contributed by atoms with Crippen molar-refractivity contribution in [3.63, 3.8) is 0 Å². The maximum absolute atomic E-state index is 13.5. The fourth-order valence-corrected chi connectivity index (χ4v) is 2.75. The molecule has 1 heterocycles. The smallest absolute Gasteiger partial charge is 0.259 e. The van der Waals surface area contributed by atoms with E-state index in [0.717, 1.165) is 29.8 Å². The fraction of sp³-hybridized carbons (Fsp3) is 0.200. The second kappa shape index (κ2) is 7.30. The lowest BCUT2D eigenvalue weighted by Gasteiger charge is -2.11. The summed E-state index contributed by atoms with van der Waals surface area (Å²) < 4.78 is 15.2. The lowest BCUT2D eigenvalue weighted by atomic mass is 10.1. The Hall–Kier alpha value is -2.95. The Morgan fingerprint density at radius 1 is 1.20 bits per heavy atom. The summed E-state index contributed by atoms with van der Waals surface area (Å²) in [5.74, 6) is -0.658. The number of benzene rings is 2. The largest absolute Gasteiger partial charge is 0.322 e. The zero-order chi connectivity index (χ0) is 17.8. The second-order valence-corrected chi connectivity index (χ2v) is 5.92. The van der Waals surface area contributed by atoms with Gasteiger partial charge in [0.15, 0.2) is 0 Å². The molecule has 1 amide bonds. The van der Waals surface area contributed by atoms with Crippen molar-refractivity contribution in [2.24, 2.45) is 0 Å². The van der Waals surface area contributed by atoms with Gasteiger partial charge in [0.05, 0.1) is 23.1 Å². The van der Waals surface area contributed by atoms with Crippen molar-refractivity contribution in [2.45, 2.75) is 26.7 Å². The summed E-state index contributed by atoms with van der Waals surface area (Å²) >= 11 is 0. The number of aryl methyl sites for hydroxylation is 1. The Labute approximate surface area is 146 Å². The van der Waals surface area contributed by atoms with E-state index in [0.29, 0.717) is 11.3 Å². The van der Waals surface area contributed by atoms with Gasteiger partial charge < -0.3 is 5.32 Å². The van der Waals surface area contributed by atoms with E-state index in [-0.39, 0.29) is 11.7 Å². The Balaban J connectivity index is 1.95. The van der Waals surface area contributed by atoms with E-state index in [2.05, 4.69) is 17.3 Å². The SMILES string of the molecule is CCCc1c(C(=O)Nc2cc(F)ccc2C)cnn1-c1ccccc1. The van der Waals surface area contributed by atoms with Crippen LogP contribution in [0.3, 0.4) is 0 Å². The third-order valence-corrected chi connectivity index (χ3v) is 4.05. The van der Waals surface area contributed by atoms with Gasteiger partial charge in [0.25, 0.3) is 5.91 Å². The molecule has 5 heteroatoms. The van der Waals surface area contributed by atoms with Crippen LogP contribution >= 0.6 is 0 Å². The number of para-hydroxylation sites is 1. The van der Waals surface area contributed by atoms with Gasteiger partial charge in [-0.15, -0.1) is 0 Å². The highest BCUT2D eigenvalue weighted by molar-refractivity contribution is 6.05. The van der Waals surface area contributed by atoms with E-state index in [1.165, 1.54) is 12.1 Å². The summed E-state index contributed by atoms with van der Waals surface area (Å²) in [6.45, 7) is 3.89. The van der Waals surface area contributed by atoms with Crippen LogP contribution in [0.1, 0.15) is 35.0 Å². The van der Waals surface area contributed by atoms with E-state index < -0.39 is 0 Å². The van der Waals surface area contributed by atoms with E-state index in [9.17, 15) is 9.18 Å². The molecule has 0 saturated carbocycles. The van der Waals surface area contributed by atoms with Crippen molar-refractivity contribution >= 4 is 11.6 Å². The van der Waals surface area contributed by atoms with Crippen molar-refractivity contribution < 1.29 is 9.18 Å². The maximum atomic E-state index is 13.5. The molecule has 0 aliphatic heterocycles. The average Bonchev–Trinajstić information content (AvgIpc) is 3.03. The highest BCUT2D eigenvalue weighted by Crippen LogP contribution is 2.21. The first-order valence-corrected chi connectivity index (χ1v) is 8.30. The topological polar surface area (TPSA) is 46.9 Å². The first-order valence-electron chi connectivity index (χ1n) is 8.30. The molecule has 0 aliphatic rings. The molecule has 1 N–H and O–H groups in total. The van der Waals surface area contributed by atoms with Crippen molar-refractivity contribution in [3.05, 3.63) is 77.4 Å². The minimum Gasteiger partial charge on any atom is -0.322 e. The number of hydrogen-bond donors (Lipinski definition) is 1. The minimum absolute atomic E-state index is 0.278. The molecule has 25 heavy (non-hydrogen) atoms. The summed E-state index contributed by atoms with van der Waals surface area (Å²) in [6.07, 6.45) is 3.18. The molecule has 1 aromatic heterocycles. The van der Waals surface area contributed by atoms with Gasteiger partial charge in [-0.25, -0.2) is 9.07 Å². The number of halogens is 1. The number of rotatable bonds is 5. The van der Waals surface area contributed by atoms with Crippen molar-refractivity contribution in [1.29, 1.82) is 0 Å². The van der Waals surface area contributed by atoms with Gasteiger partial charge in [-0.05, 0) is 43.2 Å². The van der Waals surface area contributed by atoms with Crippen molar-refractivity contribution in [3.8, 4) is 5.69 Å². The predicted molar refractivity (Wildman–Crippen MR) is 96.6 cm³/mol. The Kier molecular flexibility index (Phi) is 4.93. The monoisotopic (exact) mass is 337 g/mol. The van der Waals surface area contributed by atoms with E-state index in [1.807, 2.05) is 37.3 Å². The van der Waals surface area contributed by atoms with Gasteiger partial charge in [0.2, 0.25) is 0 Å². The van der Waals surface area contributed by atoms with Gasteiger partial charge in [0.1, 0.15) is 5.82 Å². The van der Waals surface area contributed by atoms with Gasteiger partial charge in [0, 0.05) is 5.69 Å². The van der Waals surface area contributed by atoms with Crippen LogP contribution in [0, 0.1) is 12.7 Å². The third-order valence-electron chi connectivity index (χ3n) is 4.05. The number of nitrogens with zero attached hydrogens (tertiary/aromatic N) is 2. The molecule has 4 nitrogen and oxygen atoms in total. The van der Waals surface area contributed by atoms with Gasteiger partial charge >= 0.3 is 0 Å². The van der Waals surface area contributed by atoms with Crippen LogP contribution in [0.2, 0.25) is 0 Å². The average molecular weight is 337 g/mol. The van der Waals surface area contributed by atoms with E-state index in [4.69, 9.17) is 0 Å². The van der Waals surface area contributed by atoms with E-state index >= 15 is 0 Å². The number of carbonyl (C=O) groups excluding carboxylic acids is 1. The summed E-state index contributed by atoms with van der Waals surface area (Å²) in [4.78, 5) is 12.7. The molecular formula is C20H20FN3O. The minimum atomic E-state index is -0.380. The first kappa shape index (κ1) is 16.9. The molecule has 128 valence electrons. The van der Waals surface area contributed by atoms with Crippen LogP contribution in [0.4, 0.5) is 10.1 Å². The normalized spacial score (nSPS) is 10.7. The molecule has 0 saturated heterocycles. The van der Waals surface area contributed by atoms with Crippen LogP contribution in [-0.2, 0) is 6.42 Å². The number of aromatic nitrogens is 2. The number of carbonyl (C=O) groups is 1. The standard InChI is InChI=1S/C20H20FN3O/c1-3-7-19-17(13-22-24(19)16-8-5-4-6-9-16)20(25)23-18-12-15(21)11-10-14(18)2/h4-6,8-13H,3,7H2,1-2H3,(H,23,25). The molecule has 0 spiro atoms. The highest BCUT2D eigenvalue weighted by atomic mass is 19.1. The van der Waals surface area contributed by atoms with E-state index in [1.54, 1.807) is 16.9 Å². The maximum Gasteiger partial charge on any atom is 0.259 e. The number of anilines is 1. The van der Waals surface area contributed by atoms with Crippen LogP contribution in [-0.4, -0.2) is 15.7 Å². The molecule has 3 aromatic rings. The molecule has 0 atom stereocenters. The Bertz CT molecular complexity index is 887. The van der Waals surface area contributed by atoms with Gasteiger partial charge in [-0.2, -0.15) is 5.10 Å². The van der Waals surface area contributed by atoms with Crippen LogP contribution in [0.5, 0.6) is 0 Å².